The minimum Gasteiger partial charge on any atom is -0.312 e. The SMILES string of the molecule is CCN(C(=O)Cc1ccc(C(C)(C)CC)cc1C(C)(C)CC)c1ccc2cnncc2c1. The summed E-state index contributed by atoms with van der Waals surface area (Å²) in [4.78, 5) is 15.4. The lowest BCUT2D eigenvalue weighted by atomic mass is 9.74. The van der Waals surface area contributed by atoms with Crippen LogP contribution in [0.2, 0.25) is 0 Å². The average molecular weight is 432 g/mol. The molecule has 32 heavy (non-hydrogen) atoms. The quantitative estimate of drug-likeness (QED) is 0.403. The van der Waals surface area contributed by atoms with E-state index in [1.54, 1.807) is 12.4 Å². The summed E-state index contributed by atoms with van der Waals surface area (Å²) >= 11 is 0. The van der Waals surface area contributed by atoms with Crippen LogP contribution in [0.1, 0.15) is 78.0 Å². The van der Waals surface area contributed by atoms with Gasteiger partial charge < -0.3 is 4.90 Å². The zero-order chi connectivity index (χ0) is 23.5. The highest BCUT2D eigenvalue weighted by Crippen LogP contribution is 2.35. The van der Waals surface area contributed by atoms with Crippen LogP contribution >= 0.6 is 0 Å². The molecule has 0 spiro atoms. The Bertz CT molecular complexity index is 1100. The largest absolute Gasteiger partial charge is 0.312 e. The van der Waals surface area contributed by atoms with Gasteiger partial charge >= 0.3 is 0 Å². The third kappa shape index (κ3) is 4.85. The zero-order valence-electron chi connectivity index (χ0n) is 20.7. The standard InChI is InChI=1S/C28H37N3O/c1-8-27(4,5)23-13-11-20(25(17-23)28(6,7)9-2)16-26(32)31(10-3)24-14-12-21-18-29-30-19-22(21)15-24/h11-15,17-19H,8-10,16H2,1-7H3. The van der Waals surface area contributed by atoms with Crippen LogP contribution in [-0.2, 0) is 22.0 Å². The Morgan fingerprint density at radius 1 is 0.844 bits per heavy atom. The van der Waals surface area contributed by atoms with E-state index in [4.69, 9.17) is 0 Å². The van der Waals surface area contributed by atoms with Crippen molar-refractivity contribution in [2.75, 3.05) is 11.4 Å². The van der Waals surface area contributed by atoms with Crippen molar-refractivity contribution in [2.45, 2.75) is 78.6 Å². The van der Waals surface area contributed by atoms with E-state index in [1.807, 2.05) is 30.0 Å². The summed E-state index contributed by atoms with van der Waals surface area (Å²) in [6.45, 7) is 16.2. The number of nitrogens with zero attached hydrogens (tertiary/aromatic N) is 3. The van der Waals surface area contributed by atoms with Gasteiger partial charge in [0.25, 0.3) is 0 Å². The summed E-state index contributed by atoms with van der Waals surface area (Å²) in [5.74, 6) is 0.115. The molecule has 0 unspecified atom stereocenters. The fourth-order valence-corrected chi connectivity index (χ4v) is 4.09. The smallest absolute Gasteiger partial charge is 0.231 e. The van der Waals surface area contributed by atoms with Gasteiger partial charge in [-0.05, 0) is 59.4 Å². The van der Waals surface area contributed by atoms with Gasteiger partial charge in [0.1, 0.15) is 0 Å². The second kappa shape index (κ2) is 9.40. The van der Waals surface area contributed by atoms with Crippen LogP contribution < -0.4 is 4.90 Å². The maximum atomic E-state index is 13.5. The second-order valence-electron chi connectivity index (χ2n) is 9.96. The maximum absolute atomic E-state index is 13.5. The average Bonchev–Trinajstić information content (AvgIpc) is 2.79. The Morgan fingerprint density at radius 3 is 2.12 bits per heavy atom. The molecule has 3 rings (SSSR count). The van der Waals surface area contributed by atoms with Gasteiger partial charge in [0.15, 0.2) is 0 Å². The molecule has 0 N–H and O–H groups in total. The highest BCUT2D eigenvalue weighted by Gasteiger charge is 2.27. The van der Waals surface area contributed by atoms with Crippen LogP contribution in [0.3, 0.4) is 0 Å². The van der Waals surface area contributed by atoms with Crippen molar-refractivity contribution in [3.63, 3.8) is 0 Å². The van der Waals surface area contributed by atoms with Gasteiger partial charge in [-0.2, -0.15) is 10.2 Å². The van der Waals surface area contributed by atoms with E-state index in [2.05, 4.69) is 69.9 Å². The molecule has 0 aliphatic heterocycles. The third-order valence-corrected chi connectivity index (χ3v) is 7.19. The van der Waals surface area contributed by atoms with Gasteiger partial charge in [-0.15, -0.1) is 0 Å². The van der Waals surface area contributed by atoms with Crippen molar-refractivity contribution < 1.29 is 4.79 Å². The van der Waals surface area contributed by atoms with Crippen LogP contribution in [0.5, 0.6) is 0 Å². The number of hydrogen-bond acceptors (Lipinski definition) is 3. The summed E-state index contributed by atoms with van der Waals surface area (Å²) < 4.78 is 0. The van der Waals surface area contributed by atoms with E-state index in [1.165, 1.54) is 11.1 Å². The van der Waals surface area contributed by atoms with Gasteiger partial charge in [0.2, 0.25) is 5.91 Å². The van der Waals surface area contributed by atoms with Crippen molar-refractivity contribution >= 4 is 22.4 Å². The fraction of sp³-hybridized carbons (Fsp3) is 0.464. The van der Waals surface area contributed by atoms with Crippen LogP contribution in [0.15, 0.2) is 48.8 Å². The van der Waals surface area contributed by atoms with Crippen molar-refractivity contribution in [3.05, 3.63) is 65.5 Å². The second-order valence-corrected chi connectivity index (χ2v) is 9.96. The predicted octanol–water partition coefficient (Wildman–Crippen LogP) is 6.60. The molecule has 0 aliphatic rings. The van der Waals surface area contributed by atoms with Gasteiger partial charge in [0.05, 0.1) is 18.8 Å². The van der Waals surface area contributed by atoms with Crippen molar-refractivity contribution in [1.82, 2.24) is 10.2 Å². The monoisotopic (exact) mass is 431 g/mol. The number of carbonyl (C=O) groups excluding carboxylic acids is 1. The highest BCUT2D eigenvalue weighted by molar-refractivity contribution is 5.97. The van der Waals surface area contributed by atoms with E-state index < -0.39 is 0 Å². The molecule has 0 bridgehead atoms. The number of rotatable bonds is 8. The lowest BCUT2D eigenvalue weighted by Gasteiger charge is -2.31. The first-order valence-electron chi connectivity index (χ1n) is 11.8. The number of benzene rings is 2. The summed E-state index contributed by atoms with van der Waals surface area (Å²) in [6, 6.07) is 12.8. The normalized spacial score (nSPS) is 12.2. The van der Waals surface area contributed by atoms with E-state index in [9.17, 15) is 4.79 Å². The van der Waals surface area contributed by atoms with E-state index >= 15 is 0 Å². The van der Waals surface area contributed by atoms with Crippen molar-refractivity contribution in [2.24, 2.45) is 0 Å². The molecule has 0 radical (unpaired) electrons. The lowest BCUT2D eigenvalue weighted by Crippen LogP contribution is -2.33. The number of anilines is 1. The van der Waals surface area contributed by atoms with Crippen LogP contribution in [0.4, 0.5) is 5.69 Å². The molecule has 0 aliphatic carbocycles. The zero-order valence-corrected chi connectivity index (χ0v) is 20.7. The molecule has 4 nitrogen and oxygen atoms in total. The highest BCUT2D eigenvalue weighted by atomic mass is 16.2. The van der Waals surface area contributed by atoms with E-state index in [0.29, 0.717) is 13.0 Å². The molecular weight excluding hydrogens is 394 g/mol. The molecule has 0 atom stereocenters. The van der Waals surface area contributed by atoms with Crippen LogP contribution in [0, 0.1) is 0 Å². The third-order valence-electron chi connectivity index (χ3n) is 7.19. The summed E-state index contributed by atoms with van der Waals surface area (Å²) in [7, 11) is 0. The van der Waals surface area contributed by atoms with E-state index in [-0.39, 0.29) is 16.7 Å². The van der Waals surface area contributed by atoms with Crippen molar-refractivity contribution in [3.8, 4) is 0 Å². The Hall–Kier alpha value is -2.75. The van der Waals surface area contributed by atoms with Crippen LogP contribution in [-0.4, -0.2) is 22.6 Å². The Kier molecular flexibility index (Phi) is 7.02. The number of hydrogen-bond donors (Lipinski definition) is 0. The Balaban J connectivity index is 1.97. The molecule has 4 heteroatoms. The number of aromatic nitrogens is 2. The summed E-state index contributed by atoms with van der Waals surface area (Å²) in [5, 5.41) is 9.93. The molecular formula is C28H37N3O. The number of likely N-dealkylation sites (N-methyl/N-ethyl adjacent to an activating group) is 1. The minimum absolute atomic E-state index is 0.00804. The van der Waals surface area contributed by atoms with Gasteiger partial charge in [-0.1, -0.05) is 65.8 Å². The first kappa shape index (κ1) is 23.9. The first-order valence-corrected chi connectivity index (χ1v) is 11.8. The molecule has 0 saturated carbocycles. The van der Waals surface area contributed by atoms with Gasteiger partial charge in [0, 0.05) is 23.0 Å². The minimum atomic E-state index is 0.00804. The molecule has 2 aromatic carbocycles. The number of amides is 1. The molecule has 1 amide bonds. The maximum Gasteiger partial charge on any atom is 0.231 e. The molecule has 170 valence electrons. The summed E-state index contributed by atoms with van der Waals surface area (Å²) in [5.41, 5.74) is 4.78. The molecule has 3 aromatic rings. The Morgan fingerprint density at radius 2 is 1.50 bits per heavy atom. The van der Waals surface area contributed by atoms with Crippen LogP contribution in [0.25, 0.3) is 10.8 Å². The van der Waals surface area contributed by atoms with Crippen molar-refractivity contribution in [1.29, 1.82) is 0 Å². The number of carbonyl (C=O) groups is 1. The molecule has 1 aromatic heterocycles. The van der Waals surface area contributed by atoms with E-state index in [0.717, 1.165) is 34.9 Å². The number of fused-ring (bicyclic) bond motifs is 1. The molecule has 1 heterocycles. The lowest BCUT2D eigenvalue weighted by molar-refractivity contribution is -0.117. The fourth-order valence-electron chi connectivity index (χ4n) is 4.09. The van der Waals surface area contributed by atoms with Gasteiger partial charge in [-0.3, -0.25) is 4.79 Å². The predicted molar refractivity (Wildman–Crippen MR) is 134 cm³/mol. The Labute approximate surface area is 193 Å². The molecule has 0 fully saturated rings. The summed E-state index contributed by atoms with van der Waals surface area (Å²) in [6.07, 6.45) is 5.98. The molecule has 0 saturated heterocycles. The van der Waals surface area contributed by atoms with Gasteiger partial charge in [-0.25, -0.2) is 0 Å². The first-order chi connectivity index (χ1) is 15.1. The topological polar surface area (TPSA) is 46.1 Å².